The zero-order valence-electron chi connectivity index (χ0n) is 29.9. The van der Waals surface area contributed by atoms with E-state index in [0.29, 0.717) is 13.1 Å². The lowest BCUT2D eigenvalue weighted by Crippen LogP contribution is -2.49. The van der Waals surface area contributed by atoms with Gasteiger partial charge in [-0.2, -0.15) is 0 Å². The van der Waals surface area contributed by atoms with Crippen LogP contribution in [0.2, 0.25) is 0 Å². The van der Waals surface area contributed by atoms with E-state index < -0.39 is 5.60 Å². The van der Waals surface area contributed by atoms with Crippen LogP contribution < -0.4 is 0 Å². The fourth-order valence-electron chi connectivity index (χ4n) is 4.34. The molecule has 0 radical (unpaired) electrons. The fourth-order valence-corrected chi connectivity index (χ4v) is 4.60. The number of carbonyl (C=O) groups is 1. The van der Waals surface area contributed by atoms with Crippen LogP contribution in [0.15, 0.2) is 75.1 Å². The standard InChI is InChI=1S/C23H39N3O2.C12H19Cl.C2H6/c1-9-12-13-24-18(4)21(20(10-2)11-3)19(5)25-14-16-26(17-15-25)22(27)28-23(6,7)8;1-4-6-7-9-12(13)10-11(3)8-5-2;1-2/h10,12-13H,9,11,14-17H2,1-8H3;6-7,9-10H,4-5,8H2,1-3H3;1-2H3/b13-12+,20-10-,21-19-,24-18+;7-6+,11-10+,12-9+;. The zero-order chi connectivity index (χ0) is 33.4. The first kappa shape index (κ1) is 42.6. The second-order valence-corrected chi connectivity index (χ2v) is 11.7. The molecule has 1 rings (SSSR count). The molecule has 0 saturated carbocycles. The zero-order valence-corrected chi connectivity index (χ0v) is 30.7. The molecule has 0 aromatic heterocycles. The molecule has 43 heavy (non-hydrogen) atoms. The fraction of sp³-hybridized carbons (Fsp3) is 0.622. The van der Waals surface area contributed by atoms with E-state index in [1.54, 1.807) is 4.90 Å². The van der Waals surface area contributed by atoms with Crippen LogP contribution in [0.25, 0.3) is 0 Å². The van der Waals surface area contributed by atoms with E-state index >= 15 is 0 Å². The monoisotopic (exact) mass is 617 g/mol. The van der Waals surface area contributed by atoms with Gasteiger partial charge in [-0.3, -0.25) is 4.99 Å². The number of hydrogen-bond acceptors (Lipinski definition) is 4. The molecule has 0 aromatic rings. The Bertz CT molecular complexity index is 999. The number of hydrogen-bond donors (Lipinski definition) is 0. The van der Waals surface area contributed by atoms with Gasteiger partial charge >= 0.3 is 6.09 Å². The van der Waals surface area contributed by atoms with Crippen LogP contribution in [0.3, 0.4) is 0 Å². The van der Waals surface area contributed by atoms with Crippen LogP contribution in [0, 0.1) is 0 Å². The Hall–Kier alpha value is -2.53. The summed E-state index contributed by atoms with van der Waals surface area (Å²) in [5, 5.41) is 0.815. The molecule has 0 spiro atoms. The molecule has 0 unspecified atom stereocenters. The van der Waals surface area contributed by atoms with Gasteiger partial charge in [-0.05, 0) is 91.9 Å². The minimum absolute atomic E-state index is 0.223. The van der Waals surface area contributed by atoms with E-state index in [1.165, 1.54) is 28.8 Å². The molecular formula is C37H64ClN3O2. The van der Waals surface area contributed by atoms with Crippen molar-refractivity contribution < 1.29 is 9.53 Å². The highest BCUT2D eigenvalue weighted by atomic mass is 35.5. The predicted octanol–water partition coefficient (Wildman–Crippen LogP) is 11.4. The Morgan fingerprint density at radius 3 is 1.95 bits per heavy atom. The third kappa shape index (κ3) is 19.4. The summed E-state index contributed by atoms with van der Waals surface area (Å²) in [6, 6.07) is 0. The van der Waals surface area contributed by atoms with Gasteiger partial charge in [-0.1, -0.05) is 89.4 Å². The van der Waals surface area contributed by atoms with Gasteiger partial charge in [-0.15, -0.1) is 0 Å². The van der Waals surface area contributed by atoms with E-state index in [2.05, 4.69) is 83.5 Å². The molecule has 5 nitrogen and oxygen atoms in total. The molecule has 0 aliphatic carbocycles. The van der Waals surface area contributed by atoms with Gasteiger partial charge in [0.25, 0.3) is 0 Å². The molecule has 1 heterocycles. The Kier molecular flexibility index (Phi) is 24.6. The molecule has 1 aliphatic heterocycles. The molecule has 0 atom stereocenters. The molecule has 246 valence electrons. The average molecular weight is 618 g/mol. The summed E-state index contributed by atoms with van der Waals surface area (Å²) in [6.07, 6.45) is 19.3. The normalized spacial score (nSPS) is 16.0. The van der Waals surface area contributed by atoms with Gasteiger partial charge in [0.05, 0.1) is 0 Å². The van der Waals surface area contributed by atoms with Crippen molar-refractivity contribution in [1.29, 1.82) is 0 Å². The number of amides is 1. The summed E-state index contributed by atoms with van der Waals surface area (Å²) in [4.78, 5) is 21.1. The van der Waals surface area contributed by atoms with Crippen molar-refractivity contribution in [3.63, 3.8) is 0 Å². The Morgan fingerprint density at radius 1 is 0.930 bits per heavy atom. The van der Waals surface area contributed by atoms with Crippen LogP contribution in [0.5, 0.6) is 0 Å². The number of rotatable bonds is 11. The lowest BCUT2D eigenvalue weighted by Gasteiger charge is -2.38. The maximum Gasteiger partial charge on any atom is 0.410 e. The first-order valence-corrected chi connectivity index (χ1v) is 16.7. The first-order chi connectivity index (χ1) is 20.3. The van der Waals surface area contributed by atoms with Crippen LogP contribution in [0.4, 0.5) is 4.79 Å². The number of halogens is 1. The second-order valence-electron chi connectivity index (χ2n) is 11.2. The number of piperazine rings is 1. The molecule has 0 aromatic carbocycles. The summed E-state index contributed by atoms with van der Waals surface area (Å²) in [7, 11) is 0. The lowest BCUT2D eigenvalue weighted by molar-refractivity contribution is 0.0168. The molecule has 0 N–H and O–H groups in total. The van der Waals surface area contributed by atoms with E-state index in [9.17, 15) is 4.79 Å². The molecule has 0 bridgehead atoms. The topological polar surface area (TPSA) is 45.1 Å². The van der Waals surface area contributed by atoms with Crippen molar-refractivity contribution in [2.24, 2.45) is 4.99 Å². The van der Waals surface area contributed by atoms with Gasteiger partial charge in [0, 0.05) is 54.4 Å². The smallest absolute Gasteiger partial charge is 0.410 e. The average Bonchev–Trinajstić information content (AvgIpc) is 2.96. The number of ether oxygens (including phenoxy) is 1. The van der Waals surface area contributed by atoms with E-state index in [1.807, 2.05) is 59.0 Å². The third-order valence-corrected chi connectivity index (χ3v) is 6.68. The maximum atomic E-state index is 12.3. The van der Waals surface area contributed by atoms with Crippen molar-refractivity contribution in [2.45, 2.75) is 128 Å². The van der Waals surface area contributed by atoms with Gasteiger partial charge in [0.1, 0.15) is 5.60 Å². The molecule has 6 heteroatoms. The van der Waals surface area contributed by atoms with Crippen LogP contribution >= 0.6 is 11.6 Å². The Balaban J connectivity index is 0. The van der Waals surface area contributed by atoms with Crippen molar-refractivity contribution >= 4 is 23.4 Å². The third-order valence-electron chi connectivity index (χ3n) is 6.44. The maximum absolute atomic E-state index is 12.3. The SMILES string of the molecule is CC.CC/C=C/C=C(Cl)\C=C(/C)CCC.C\C=C(CC)/C(C(/C)=N/C=C/CC)=C(/C)N1CCN(C(=O)OC(C)(C)C)CC1. The van der Waals surface area contributed by atoms with Crippen LogP contribution in [-0.4, -0.2) is 53.4 Å². The highest BCUT2D eigenvalue weighted by Crippen LogP contribution is 2.24. The highest BCUT2D eigenvalue weighted by molar-refractivity contribution is 6.31. The number of nitrogens with zero attached hydrogens (tertiary/aromatic N) is 3. The molecule has 1 amide bonds. The molecule has 1 aliphatic rings. The Morgan fingerprint density at radius 2 is 1.49 bits per heavy atom. The summed E-state index contributed by atoms with van der Waals surface area (Å²) >= 11 is 5.98. The largest absolute Gasteiger partial charge is 0.444 e. The predicted molar refractivity (Wildman–Crippen MR) is 192 cm³/mol. The lowest BCUT2D eigenvalue weighted by atomic mass is 9.96. The van der Waals surface area contributed by atoms with Gasteiger partial charge < -0.3 is 14.5 Å². The van der Waals surface area contributed by atoms with Crippen molar-refractivity contribution in [2.75, 3.05) is 26.2 Å². The van der Waals surface area contributed by atoms with Gasteiger partial charge in [-0.25, -0.2) is 4.79 Å². The van der Waals surface area contributed by atoms with Crippen LogP contribution in [-0.2, 0) is 4.74 Å². The van der Waals surface area contributed by atoms with E-state index in [0.717, 1.165) is 49.5 Å². The van der Waals surface area contributed by atoms with Gasteiger partial charge in [0.15, 0.2) is 0 Å². The highest BCUT2D eigenvalue weighted by Gasteiger charge is 2.27. The number of aliphatic imine (C=N–C) groups is 1. The molecule has 1 fully saturated rings. The molecule has 1 saturated heterocycles. The van der Waals surface area contributed by atoms with Crippen molar-refractivity contribution in [1.82, 2.24) is 9.80 Å². The minimum atomic E-state index is -0.460. The van der Waals surface area contributed by atoms with Crippen molar-refractivity contribution in [3.8, 4) is 0 Å². The van der Waals surface area contributed by atoms with E-state index in [4.69, 9.17) is 16.3 Å². The minimum Gasteiger partial charge on any atom is -0.444 e. The van der Waals surface area contributed by atoms with E-state index in [-0.39, 0.29) is 6.09 Å². The summed E-state index contributed by atoms with van der Waals surface area (Å²) in [5.41, 5.74) is 5.67. The Labute approximate surface area is 271 Å². The van der Waals surface area contributed by atoms with Gasteiger partial charge in [0.2, 0.25) is 0 Å². The quantitative estimate of drug-likeness (QED) is 0.171. The number of carbonyl (C=O) groups excluding carboxylic acids is 1. The summed E-state index contributed by atoms with van der Waals surface area (Å²) < 4.78 is 5.51. The first-order valence-electron chi connectivity index (χ1n) is 16.3. The molecular weight excluding hydrogens is 554 g/mol. The summed E-state index contributed by atoms with van der Waals surface area (Å²) in [5.74, 6) is 0. The second kappa shape index (κ2) is 24.9. The van der Waals surface area contributed by atoms with Crippen LogP contribution in [0.1, 0.15) is 122 Å². The van der Waals surface area contributed by atoms with Crippen molar-refractivity contribution in [3.05, 3.63) is 70.1 Å². The number of allylic oxidation sites excluding steroid dienone is 11. The summed E-state index contributed by atoms with van der Waals surface area (Å²) in [6.45, 7) is 29.7.